The minimum Gasteiger partial charge on any atom is -0.489 e. The van der Waals surface area contributed by atoms with Crippen molar-refractivity contribution in [2.75, 3.05) is 20.2 Å². The molecule has 0 heterocycles. The predicted molar refractivity (Wildman–Crippen MR) is 69.5 cm³/mol. The molecule has 1 aromatic rings. The van der Waals surface area contributed by atoms with E-state index in [4.69, 9.17) is 16.3 Å². The zero-order chi connectivity index (χ0) is 12.1. The molecule has 2 nitrogen and oxygen atoms in total. The van der Waals surface area contributed by atoms with Crippen LogP contribution in [-0.2, 0) is 0 Å². The number of benzene rings is 1. The van der Waals surface area contributed by atoms with Gasteiger partial charge in [-0.1, -0.05) is 18.2 Å². The van der Waals surface area contributed by atoms with Crippen molar-refractivity contribution in [3.63, 3.8) is 0 Å². The van der Waals surface area contributed by atoms with E-state index in [1.54, 1.807) is 0 Å². The summed E-state index contributed by atoms with van der Waals surface area (Å²) in [6.07, 6.45) is 0. The highest BCUT2D eigenvalue weighted by molar-refractivity contribution is 6.30. The first-order valence-electron chi connectivity index (χ1n) is 5.25. The Morgan fingerprint density at radius 2 is 1.94 bits per heavy atom. The molecule has 0 aliphatic rings. The fourth-order valence-corrected chi connectivity index (χ4v) is 1.93. The smallest absolute Gasteiger partial charge is 0.125 e. The number of hydrogen-bond donors (Lipinski definition) is 1. The summed E-state index contributed by atoms with van der Waals surface area (Å²) in [5, 5.41) is 3.79. The molecular weight excluding hydrogens is 222 g/mol. The van der Waals surface area contributed by atoms with Gasteiger partial charge in [0.05, 0.1) is 0 Å². The van der Waals surface area contributed by atoms with E-state index in [1.807, 2.05) is 33.0 Å². The van der Waals surface area contributed by atoms with Crippen molar-refractivity contribution in [3.05, 3.63) is 40.4 Å². The molecule has 0 aliphatic heterocycles. The quantitative estimate of drug-likeness (QED) is 0.798. The number of likely N-dealkylation sites (N-methyl/N-ethyl adjacent to an activating group) is 1. The summed E-state index contributed by atoms with van der Waals surface area (Å²) in [5.41, 5.74) is 3.14. The first-order valence-corrected chi connectivity index (χ1v) is 5.63. The molecule has 1 aromatic carbocycles. The van der Waals surface area contributed by atoms with Gasteiger partial charge in [0.1, 0.15) is 12.4 Å². The van der Waals surface area contributed by atoms with Gasteiger partial charge in [-0.15, -0.1) is 0 Å². The maximum Gasteiger partial charge on any atom is 0.125 e. The van der Waals surface area contributed by atoms with E-state index in [1.165, 1.54) is 0 Å². The molecule has 0 unspecified atom stereocenters. The monoisotopic (exact) mass is 239 g/mol. The highest BCUT2D eigenvalue weighted by atomic mass is 35.5. The van der Waals surface area contributed by atoms with Crippen LogP contribution in [0.4, 0.5) is 0 Å². The molecule has 0 aromatic heterocycles. The Balaban J connectivity index is 2.70. The third kappa shape index (κ3) is 3.54. The van der Waals surface area contributed by atoms with Gasteiger partial charge in [-0.25, -0.2) is 0 Å². The van der Waals surface area contributed by atoms with Crippen molar-refractivity contribution in [2.45, 2.75) is 13.8 Å². The van der Waals surface area contributed by atoms with Gasteiger partial charge in [0, 0.05) is 11.6 Å². The van der Waals surface area contributed by atoms with Crippen LogP contribution in [0.25, 0.3) is 0 Å². The van der Waals surface area contributed by atoms with Crippen LogP contribution in [0.2, 0.25) is 5.02 Å². The highest BCUT2D eigenvalue weighted by Gasteiger charge is 2.06. The molecule has 0 saturated carbocycles. The number of aryl methyl sites for hydroxylation is 2. The number of nitrogens with one attached hydrogen (secondary N) is 1. The van der Waals surface area contributed by atoms with Gasteiger partial charge < -0.3 is 10.1 Å². The number of ether oxygens (including phenoxy) is 1. The van der Waals surface area contributed by atoms with Crippen molar-refractivity contribution in [2.24, 2.45) is 0 Å². The predicted octanol–water partition coefficient (Wildman–Crippen LogP) is 3.11. The molecule has 0 atom stereocenters. The zero-order valence-electron chi connectivity index (χ0n) is 10.1. The Hall–Kier alpha value is -0.990. The maximum atomic E-state index is 5.95. The second kappa shape index (κ2) is 5.92. The fourth-order valence-electron chi connectivity index (χ4n) is 1.60. The Kier molecular flexibility index (Phi) is 4.84. The van der Waals surface area contributed by atoms with Gasteiger partial charge in [-0.2, -0.15) is 0 Å². The first-order chi connectivity index (χ1) is 7.54. The molecule has 16 heavy (non-hydrogen) atoms. The Bertz CT molecular complexity index is 365. The Morgan fingerprint density at radius 3 is 2.44 bits per heavy atom. The summed E-state index contributed by atoms with van der Waals surface area (Å²) in [6, 6.07) is 3.81. The molecule has 0 saturated heterocycles. The van der Waals surface area contributed by atoms with E-state index < -0.39 is 0 Å². The van der Waals surface area contributed by atoms with Gasteiger partial charge in [0.15, 0.2) is 0 Å². The largest absolute Gasteiger partial charge is 0.489 e. The molecular formula is C13H18ClNO. The second-order valence-electron chi connectivity index (χ2n) is 3.94. The van der Waals surface area contributed by atoms with Crippen molar-refractivity contribution >= 4 is 11.6 Å². The molecule has 0 aliphatic carbocycles. The SMILES string of the molecule is C=C(CNC)COc1c(C)cc(Cl)cc1C. The van der Waals surface area contributed by atoms with Crippen molar-refractivity contribution < 1.29 is 4.74 Å². The number of rotatable bonds is 5. The van der Waals surface area contributed by atoms with Crippen LogP contribution in [-0.4, -0.2) is 20.2 Å². The van der Waals surface area contributed by atoms with E-state index in [2.05, 4.69) is 11.9 Å². The minimum atomic E-state index is 0.532. The van der Waals surface area contributed by atoms with Gasteiger partial charge in [-0.05, 0) is 49.7 Å². The number of halogens is 1. The van der Waals surface area contributed by atoms with Crippen LogP contribution < -0.4 is 10.1 Å². The topological polar surface area (TPSA) is 21.3 Å². The van der Waals surface area contributed by atoms with E-state index in [9.17, 15) is 0 Å². The molecule has 0 radical (unpaired) electrons. The van der Waals surface area contributed by atoms with Crippen LogP contribution >= 0.6 is 11.6 Å². The molecule has 0 fully saturated rings. The van der Waals surface area contributed by atoms with Crippen molar-refractivity contribution in [1.82, 2.24) is 5.32 Å². The Labute approximate surface area is 102 Å². The molecule has 1 rings (SSSR count). The van der Waals surface area contributed by atoms with Crippen LogP contribution in [0.5, 0.6) is 5.75 Å². The summed E-state index contributed by atoms with van der Waals surface area (Å²) in [4.78, 5) is 0. The van der Waals surface area contributed by atoms with Gasteiger partial charge in [0.2, 0.25) is 0 Å². The van der Waals surface area contributed by atoms with Crippen LogP contribution in [0.15, 0.2) is 24.3 Å². The lowest BCUT2D eigenvalue weighted by Crippen LogP contribution is -2.15. The first kappa shape index (κ1) is 13.1. The van der Waals surface area contributed by atoms with E-state index in [-0.39, 0.29) is 0 Å². The summed E-state index contributed by atoms with van der Waals surface area (Å²) >= 11 is 5.95. The number of hydrogen-bond acceptors (Lipinski definition) is 2. The normalized spacial score (nSPS) is 10.2. The van der Waals surface area contributed by atoms with Gasteiger partial charge in [0.25, 0.3) is 0 Å². The lowest BCUT2D eigenvalue weighted by Gasteiger charge is -2.13. The summed E-state index contributed by atoms with van der Waals surface area (Å²) in [7, 11) is 1.89. The highest BCUT2D eigenvalue weighted by Crippen LogP contribution is 2.27. The summed E-state index contributed by atoms with van der Waals surface area (Å²) < 4.78 is 5.74. The average Bonchev–Trinajstić information content (AvgIpc) is 2.16. The standard InChI is InChI=1S/C13H18ClNO/c1-9(7-15-4)8-16-13-10(2)5-12(14)6-11(13)3/h5-6,15H,1,7-8H2,2-4H3. The van der Waals surface area contributed by atoms with Gasteiger partial charge >= 0.3 is 0 Å². The molecule has 1 N–H and O–H groups in total. The van der Waals surface area contributed by atoms with Crippen molar-refractivity contribution in [3.8, 4) is 5.75 Å². The average molecular weight is 240 g/mol. The lowest BCUT2D eigenvalue weighted by atomic mass is 10.1. The Morgan fingerprint density at radius 1 is 1.38 bits per heavy atom. The molecule has 0 amide bonds. The second-order valence-corrected chi connectivity index (χ2v) is 4.37. The van der Waals surface area contributed by atoms with Crippen LogP contribution in [0.1, 0.15) is 11.1 Å². The van der Waals surface area contributed by atoms with Crippen LogP contribution in [0.3, 0.4) is 0 Å². The van der Waals surface area contributed by atoms with E-state index >= 15 is 0 Å². The summed E-state index contributed by atoms with van der Waals surface area (Å²) in [6.45, 7) is 9.21. The zero-order valence-corrected chi connectivity index (χ0v) is 10.8. The minimum absolute atomic E-state index is 0.532. The maximum absolute atomic E-state index is 5.95. The van der Waals surface area contributed by atoms with Gasteiger partial charge in [-0.3, -0.25) is 0 Å². The van der Waals surface area contributed by atoms with E-state index in [0.717, 1.165) is 34.0 Å². The third-order valence-electron chi connectivity index (χ3n) is 2.27. The molecule has 3 heteroatoms. The van der Waals surface area contributed by atoms with E-state index in [0.29, 0.717) is 6.61 Å². The summed E-state index contributed by atoms with van der Waals surface area (Å²) in [5.74, 6) is 0.904. The molecule has 88 valence electrons. The van der Waals surface area contributed by atoms with Crippen LogP contribution in [0, 0.1) is 13.8 Å². The molecule has 0 bridgehead atoms. The fraction of sp³-hybridized carbons (Fsp3) is 0.385. The molecule has 0 spiro atoms. The van der Waals surface area contributed by atoms with Crippen molar-refractivity contribution in [1.29, 1.82) is 0 Å². The third-order valence-corrected chi connectivity index (χ3v) is 2.49. The lowest BCUT2D eigenvalue weighted by molar-refractivity contribution is 0.344.